The van der Waals surface area contributed by atoms with Gasteiger partial charge in [0.05, 0.1) is 4.88 Å². The van der Waals surface area contributed by atoms with Crippen LogP contribution in [0.15, 0.2) is 41.8 Å². The van der Waals surface area contributed by atoms with Crippen LogP contribution in [0.1, 0.15) is 27.0 Å². The van der Waals surface area contributed by atoms with Crippen molar-refractivity contribution in [3.63, 3.8) is 0 Å². The lowest BCUT2D eigenvalue weighted by Gasteiger charge is -2.16. The van der Waals surface area contributed by atoms with E-state index >= 15 is 0 Å². The van der Waals surface area contributed by atoms with Gasteiger partial charge in [-0.15, -0.1) is 21.5 Å². The largest absolute Gasteiger partial charge is 0.312 e. The highest BCUT2D eigenvalue weighted by atomic mass is 32.1. The molecule has 3 aromatic rings. The predicted molar refractivity (Wildman–Crippen MR) is 98.3 cm³/mol. The fourth-order valence-electron chi connectivity index (χ4n) is 2.76. The van der Waals surface area contributed by atoms with Crippen molar-refractivity contribution in [1.29, 1.82) is 0 Å². The molecule has 9 heteroatoms. The zero-order valence-corrected chi connectivity index (χ0v) is 15.0. The summed E-state index contributed by atoms with van der Waals surface area (Å²) < 4.78 is 13.1. The third-order valence-electron chi connectivity index (χ3n) is 4.02. The molecule has 1 aliphatic rings. The molecule has 0 bridgehead atoms. The summed E-state index contributed by atoms with van der Waals surface area (Å²) in [4.78, 5) is 26.6. The maximum Gasteiger partial charge on any atom is 0.267 e. The molecule has 1 N–H and O–H groups in total. The Labute approximate surface area is 156 Å². The van der Waals surface area contributed by atoms with Gasteiger partial charge in [-0.2, -0.15) is 0 Å². The van der Waals surface area contributed by atoms with Gasteiger partial charge in [-0.25, -0.2) is 4.39 Å². The molecular formula is C17H13FN4O2S2. The summed E-state index contributed by atoms with van der Waals surface area (Å²) in [5.41, 5.74) is 0.662. The number of nitrogens with one attached hydrogen (secondary N) is 1. The summed E-state index contributed by atoms with van der Waals surface area (Å²) >= 11 is 2.62. The number of anilines is 2. The molecule has 1 atom stereocenters. The number of nitrogens with zero attached hydrogens (tertiary/aromatic N) is 3. The summed E-state index contributed by atoms with van der Waals surface area (Å²) in [5.74, 6) is -0.705. The van der Waals surface area contributed by atoms with E-state index in [0.29, 0.717) is 33.7 Å². The van der Waals surface area contributed by atoms with E-state index in [9.17, 15) is 14.0 Å². The van der Waals surface area contributed by atoms with Gasteiger partial charge in [-0.1, -0.05) is 17.4 Å². The summed E-state index contributed by atoms with van der Waals surface area (Å²) in [6.45, 7) is 0.456. The lowest BCUT2D eigenvalue weighted by atomic mass is 10.1. The first-order valence-electron chi connectivity index (χ1n) is 7.84. The number of halogens is 1. The van der Waals surface area contributed by atoms with Gasteiger partial charge in [-0.05, 0) is 35.7 Å². The highest BCUT2D eigenvalue weighted by Gasteiger charge is 2.34. The van der Waals surface area contributed by atoms with Gasteiger partial charge in [0.1, 0.15) is 10.8 Å². The molecule has 2 aromatic heterocycles. The molecule has 0 radical (unpaired) electrons. The third kappa shape index (κ3) is 3.35. The van der Waals surface area contributed by atoms with Gasteiger partial charge in [0.15, 0.2) is 0 Å². The number of thiophene rings is 1. The SMILES string of the molecule is O=C(Nc1nnc(C2CC(=O)N(c3ccc(F)cc3)C2)s1)c1cccs1. The molecule has 1 unspecified atom stereocenters. The fourth-order valence-corrected chi connectivity index (χ4v) is 4.21. The van der Waals surface area contributed by atoms with E-state index < -0.39 is 0 Å². The summed E-state index contributed by atoms with van der Waals surface area (Å²) in [7, 11) is 0. The van der Waals surface area contributed by atoms with Crippen molar-refractivity contribution < 1.29 is 14.0 Å². The van der Waals surface area contributed by atoms with E-state index in [1.807, 2.05) is 5.38 Å². The van der Waals surface area contributed by atoms with Crippen LogP contribution in [0.3, 0.4) is 0 Å². The van der Waals surface area contributed by atoms with Gasteiger partial charge in [0.25, 0.3) is 5.91 Å². The molecular weight excluding hydrogens is 375 g/mol. The van der Waals surface area contributed by atoms with Gasteiger partial charge >= 0.3 is 0 Å². The Kier molecular flexibility index (Phi) is 4.48. The average molecular weight is 388 g/mol. The van der Waals surface area contributed by atoms with Crippen LogP contribution >= 0.6 is 22.7 Å². The Morgan fingerprint density at radius 3 is 2.77 bits per heavy atom. The van der Waals surface area contributed by atoms with Crippen LogP contribution in [0.4, 0.5) is 15.2 Å². The predicted octanol–water partition coefficient (Wildman–Crippen LogP) is 3.51. The van der Waals surface area contributed by atoms with E-state index in [1.165, 1.54) is 34.8 Å². The van der Waals surface area contributed by atoms with Gasteiger partial charge in [0, 0.05) is 24.6 Å². The number of carbonyl (C=O) groups excluding carboxylic acids is 2. The van der Waals surface area contributed by atoms with Crippen LogP contribution < -0.4 is 10.2 Å². The number of benzene rings is 1. The topological polar surface area (TPSA) is 75.2 Å². The monoisotopic (exact) mass is 388 g/mol. The molecule has 132 valence electrons. The maximum atomic E-state index is 13.1. The molecule has 6 nitrogen and oxygen atoms in total. The summed E-state index contributed by atoms with van der Waals surface area (Å²) in [6, 6.07) is 9.38. The maximum absolute atomic E-state index is 13.1. The number of carbonyl (C=O) groups is 2. The van der Waals surface area contributed by atoms with Crippen molar-refractivity contribution in [3.05, 3.63) is 57.5 Å². The highest BCUT2D eigenvalue weighted by Crippen LogP contribution is 2.34. The second kappa shape index (κ2) is 6.93. The van der Waals surface area contributed by atoms with Crippen molar-refractivity contribution in [2.24, 2.45) is 0 Å². The highest BCUT2D eigenvalue weighted by molar-refractivity contribution is 7.15. The zero-order valence-electron chi connectivity index (χ0n) is 13.4. The first-order chi connectivity index (χ1) is 12.6. The van der Waals surface area contributed by atoms with Gasteiger partial charge in [-0.3, -0.25) is 14.9 Å². The normalized spacial score (nSPS) is 16.9. The Morgan fingerprint density at radius 1 is 1.23 bits per heavy atom. The molecule has 1 aromatic carbocycles. The second-order valence-electron chi connectivity index (χ2n) is 5.76. The van der Waals surface area contributed by atoms with Crippen LogP contribution in [0.5, 0.6) is 0 Å². The Balaban J connectivity index is 1.45. The number of rotatable bonds is 4. The van der Waals surface area contributed by atoms with E-state index in [-0.39, 0.29) is 23.5 Å². The molecule has 4 rings (SSSR count). The zero-order chi connectivity index (χ0) is 18.1. The molecule has 0 aliphatic carbocycles. The Morgan fingerprint density at radius 2 is 2.04 bits per heavy atom. The van der Waals surface area contributed by atoms with E-state index in [1.54, 1.807) is 29.2 Å². The first-order valence-corrected chi connectivity index (χ1v) is 9.54. The molecule has 0 saturated carbocycles. The third-order valence-corrected chi connectivity index (χ3v) is 5.89. The minimum atomic E-state index is -0.341. The van der Waals surface area contributed by atoms with Crippen molar-refractivity contribution in [3.8, 4) is 0 Å². The van der Waals surface area contributed by atoms with Crippen LogP contribution in [-0.4, -0.2) is 28.6 Å². The average Bonchev–Trinajstić information content (AvgIpc) is 3.36. The number of aromatic nitrogens is 2. The quantitative estimate of drug-likeness (QED) is 0.742. The number of hydrogen-bond donors (Lipinski definition) is 1. The smallest absolute Gasteiger partial charge is 0.267 e. The minimum Gasteiger partial charge on any atom is -0.312 e. The van der Waals surface area contributed by atoms with Gasteiger partial charge in [0.2, 0.25) is 11.0 Å². The van der Waals surface area contributed by atoms with Crippen LogP contribution in [0, 0.1) is 5.82 Å². The van der Waals surface area contributed by atoms with Crippen LogP contribution in [0.2, 0.25) is 0 Å². The summed E-state index contributed by atoms with van der Waals surface area (Å²) in [5, 5.41) is 13.8. The number of amides is 2. The molecule has 26 heavy (non-hydrogen) atoms. The summed E-state index contributed by atoms with van der Waals surface area (Å²) in [6.07, 6.45) is 0.310. The van der Waals surface area contributed by atoms with E-state index in [4.69, 9.17) is 0 Å². The minimum absolute atomic E-state index is 0.0408. The van der Waals surface area contributed by atoms with Crippen LogP contribution in [0.25, 0.3) is 0 Å². The van der Waals surface area contributed by atoms with Crippen molar-refractivity contribution in [2.45, 2.75) is 12.3 Å². The van der Waals surface area contributed by atoms with Crippen LogP contribution in [-0.2, 0) is 4.79 Å². The lowest BCUT2D eigenvalue weighted by Crippen LogP contribution is -2.24. The molecule has 3 heterocycles. The standard InChI is InChI=1S/C17H13FN4O2S2/c18-11-3-5-12(6-4-11)22-9-10(8-14(22)23)16-20-21-17(26-16)19-15(24)13-2-1-7-25-13/h1-7,10H,8-9H2,(H,19,21,24). The Hall–Kier alpha value is -2.65. The van der Waals surface area contributed by atoms with E-state index in [2.05, 4.69) is 15.5 Å². The Bertz CT molecular complexity index is 940. The molecule has 0 spiro atoms. The second-order valence-corrected chi connectivity index (χ2v) is 7.72. The van der Waals surface area contributed by atoms with E-state index in [0.717, 1.165) is 0 Å². The molecule has 1 aliphatic heterocycles. The van der Waals surface area contributed by atoms with Crippen molar-refractivity contribution in [2.75, 3.05) is 16.8 Å². The molecule has 1 fully saturated rings. The van der Waals surface area contributed by atoms with Crippen molar-refractivity contribution >= 4 is 45.3 Å². The fraction of sp³-hybridized carbons (Fsp3) is 0.176. The first kappa shape index (κ1) is 16.8. The van der Waals surface area contributed by atoms with Gasteiger partial charge < -0.3 is 4.90 Å². The lowest BCUT2D eigenvalue weighted by molar-refractivity contribution is -0.117. The number of hydrogen-bond acceptors (Lipinski definition) is 6. The van der Waals surface area contributed by atoms with Crippen molar-refractivity contribution in [1.82, 2.24) is 10.2 Å². The molecule has 1 saturated heterocycles. The molecule has 2 amide bonds.